The minimum atomic E-state index is 0.0309. The van der Waals surface area contributed by atoms with E-state index in [1.807, 2.05) is 24.5 Å². The van der Waals surface area contributed by atoms with Crippen LogP contribution in [0.3, 0.4) is 0 Å². The van der Waals surface area contributed by atoms with Crippen molar-refractivity contribution in [3.8, 4) is 5.75 Å². The number of pyridine rings is 1. The number of fused-ring (bicyclic) bond motifs is 1. The van der Waals surface area contributed by atoms with Crippen molar-refractivity contribution in [3.05, 3.63) is 65.5 Å². The Labute approximate surface area is 189 Å². The van der Waals surface area contributed by atoms with Gasteiger partial charge in [-0.1, -0.05) is 6.42 Å². The summed E-state index contributed by atoms with van der Waals surface area (Å²) in [6.45, 7) is 6.51. The number of nitrogens with zero attached hydrogens (tertiary/aromatic N) is 5. The fraction of sp³-hybridized carbons (Fsp3) is 0.400. The van der Waals surface area contributed by atoms with Gasteiger partial charge in [0.05, 0.1) is 18.5 Å². The van der Waals surface area contributed by atoms with Gasteiger partial charge in [-0.25, -0.2) is 0 Å². The number of hydrogen-bond donors (Lipinski definition) is 1. The Bertz CT molecular complexity index is 1010. The van der Waals surface area contributed by atoms with Crippen molar-refractivity contribution in [1.82, 2.24) is 20.3 Å². The fourth-order valence-corrected chi connectivity index (χ4v) is 4.55. The van der Waals surface area contributed by atoms with E-state index in [0.29, 0.717) is 0 Å². The molecule has 1 N–H and O–H groups in total. The van der Waals surface area contributed by atoms with E-state index in [0.717, 1.165) is 48.0 Å². The Balaban J connectivity index is 1.20. The molecule has 1 aromatic carbocycles. The summed E-state index contributed by atoms with van der Waals surface area (Å²) in [5.41, 5.74) is 7.88. The van der Waals surface area contributed by atoms with Crippen LogP contribution in [0.2, 0.25) is 0 Å². The van der Waals surface area contributed by atoms with Gasteiger partial charge in [-0.2, -0.15) is 5.10 Å². The lowest BCUT2D eigenvalue weighted by atomic mass is 10.0. The van der Waals surface area contributed by atoms with E-state index in [1.165, 1.54) is 37.9 Å². The first-order valence-electron chi connectivity index (χ1n) is 11.5. The molecule has 1 unspecified atom stereocenters. The fourth-order valence-electron chi connectivity index (χ4n) is 4.55. The van der Waals surface area contributed by atoms with Gasteiger partial charge in [-0.05, 0) is 86.8 Å². The Morgan fingerprint density at radius 1 is 1.06 bits per heavy atom. The quantitative estimate of drug-likeness (QED) is 0.679. The average molecular weight is 431 g/mol. The lowest BCUT2D eigenvalue weighted by Crippen LogP contribution is -2.46. The zero-order valence-corrected chi connectivity index (χ0v) is 18.6. The van der Waals surface area contributed by atoms with Gasteiger partial charge in [0.15, 0.2) is 5.84 Å². The van der Waals surface area contributed by atoms with Gasteiger partial charge in [0, 0.05) is 24.5 Å². The van der Waals surface area contributed by atoms with Crippen molar-refractivity contribution in [2.45, 2.75) is 38.6 Å². The van der Waals surface area contributed by atoms with E-state index >= 15 is 0 Å². The largest absolute Gasteiger partial charge is 0.494 e. The van der Waals surface area contributed by atoms with Crippen LogP contribution in [-0.4, -0.2) is 59.2 Å². The molecule has 0 amide bonds. The molecule has 1 fully saturated rings. The number of hydrazine groups is 1. The maximum Gasteiger partial charge on any atom is 0.179 e. The predicted octanol–water partition coefficient (Wildman–Crippen LogP) is 3.70. The van der Waals surface area contributed by atoms with Crippen molar-refractivity contribution in [3.63, 3.8) is 0 Å². The van der Waals surface area contributed by atoms with Crippen LogP contribution >= 0.6 is 0 Å². The first-order chi connectivity index (χ1) is 15.8. The third kappa shape index (κ3) is 4.39. The Morgan fingerprint density at radius 2 is 1.91 bits per heavy atom. The monoisotopic (exact) mass is 430 g/mol. The number of rotatable bonds is 7. The molecular weight excluding hydrogens is 400 g/mol. The molecule has 7 heteroatoms. The highest BCUT2D eigenvalue weighted by Gasteiger charge is 2.34. The summed E-state index contributed by atoms with van der Waals surface area (Å²) >= 11 is 0. The SMILES string of the molecule is CC1=C(c2ccc(OCCCN3CCCCC3)cc2)NN2C(c3cccnc3)=NN=CC12. The second-order valence-electron chi connectivity index (χ2n) is 8.54. The number of hydrogen-bond acceptors (Lipinski definition) is 7. The highest BCUT2D eigenvalue weighted by molar-refractivity contribution is 6.03. The zero-order valence-electron chi connectivity index (χ0n) is 18.6. The molecule has 7 nitrogen and oxygen atoms in total. The average Bonchev–Trinajstić information content (AvgIpc) is 3.20. The molecule has 0 aliphatic carbocycles. The Kier molecular flexibility index (Phi) is 6.16. The second kappa shape index (κ2) is 9.53. The van der Waals surface area contributed by atoms with Gasteiger partial charge in [0.1, 0.15) is 11.8 Å². The first kappa shape index (κ1) is 20.7. The molecule has 2 aromatic rings. The normalized spacial score (nSPS) is 20.7. The number of nitrogens with one attached hydrogen (secondary N) is 1. The molecule has 166 valence electrons. The minimum Gasteiger partial charge on any atom is -0.494 e. The van der Waals surface area contributed by atoms with Gasteiger partial charge in [0.25, 0.3) is 0 Å². The van der Waals surface area contributed by atoms with Crippen LogP contribution in [0.1, 0.15) is 43.7 Å². The Morgan fingerprint density at radius 3 is 2.69 bits per heavy atom. The van der Waals surface area contributed by atoms with E-state index in [1.54, 1.807) is 6.20 Å². The summed E-state index contributed by atoms with van der Waals surface area (Å²) in [6.07, 6.45) is 10.6. The molecule has 1 aromatic heterocycles. The van der Waals surface area contributed by atoms with Crippen LogP contribution in [-0.2, 0) is 0 Å². The third-order valence-corrected chi connectivity index (χ3v) is 6.34. The summed E-state index contributed by atoms with van der Waals surface area (Å²) in [6, 6.07) is 12.3. The molecule has 5 rings (SSSR count). The van der Waals surface area contributed by atoms with Crippen LogP contribution < -0.4 is 10.2 Å². The van der Waals surface area contributed by atoms with Gasteiger partial charge in [-0.3, -0.25) is 15.4 Å². The topological polar surface area (TPSA) is 65.3 Å². The summed E-state index contributed by atoms with van der Waals surface area (Å²) in [5.74, 6) is 1.69. The third-order valence-electron chi connectivity index (χ3n) is 6.34. The number of benzene rings is 1. The summed E-state index contributed by atoms with van der Waals surface area (Å²) in [5, 5.41) is 10.7. The van der Waals surface area contributed by atoms with E-state index < -0.39 is 0 Å². The standard InChI is InChI=1S/C25H30N6O/c1-19-23-18-27-28-25(21-7-5-12-26-17-21)31(23)29-24(19)20-8-10-22(11-9-20)32-16-6-15-30-13-3-2-4-14-30/h5,7-12,17-18,23,29H,2-4,6,13-16H2,1H3. The number of ether oxygens (including phenoxy) is 1. The molecule has 3 aliphatic heterocycles. The van der Waals surface area contributed by atoms with Crippen LogP contribution in [0.5, 0.6) is 5.75 Å². The second-order valence-corrected chi connectivity index (χ2v) is 8.54. The number of aromatic nitrogens is 1. The molecule has 32 heavy (non-hydrogen) atoms. The summed E-state index contributed by atoms with van der Waals surface area (Å²) in [4.78, 5) is 6.77. The number of likely N-dealkylation sites (tertiary alicyclic amines) is 1. The van der Waals surface area contributed by atoms with E-state index in [9.17, 15) is 0 Å². The smallest absolute Gasteiger partial charge is 0.179 e. The van der Waals surface area contributed by atoms with Crippen LogP contribution in [0.15, 0.2) is 64.6 Å². The molecule has 4 heterocycles. The van der Waals surface area contributed by atoms with E-state index in [4.69, 9.17) is 4.74 Å². The van der Waals surface area contributed by atoms with Crippen molar-refractivity contribution in [1.29, 1.82) is 0 Å². The predicted molar refractivity (Wildman–Crippen MR) is 127 cm³/mol. The van der Waals surface area contributed by atoms with Gasteiger partial charge in [-0.15, -0.1) is 5.10 Å². The lowest BCUT2D eigenvalue weighted by Gasteiger charge is -2.28. The molecular formula is C25H30N6O. The summed E-state index contributed by atoms with van der Waals surface area (Å²) < 4.78 is 5.99. The number of piperidine rings is 1. The molecule has 0 radical (unpaired) electrons. The Hall–Kier alpha value is -3.19. The first-order valence-corrected chi connectivity index (χ1v) is 11.5. The molecule has 1 saturated heterocycles. The van der Waals surface area contributed by atoms with Crippen molar-refractivity contribution in [2.75, 3.05) is 26.2 Å². The highest BCUT2D eigenvalue weighted by Crippen LogP contribution is 2.30. The van der Waals surface area contributed by atoms with Gasteiger partial charge < -0.3 is 9.64 Å². The van der Waals surface area contributed by atoms with Crippen molar-refractivity contribution < 1.29 is 4.74 Å². The van der Waals surface area contributed by atoms with Crippen molar-refractivity contribution in [2.24, 2.45) is 10.2 Å². The maximum absolute atomic E-state index is 5.99. The molecule has 0 saturated carbocycles. The molecule has 0 spiro atoms. The highest BCUT2D eigenvalue weighted by atomic mass is 16.5. The molecule has 0 bridgehead atoms. The maximum atomic E-state index is 5.99. The van der Waals surface area contributed by atoms with E-state index in [-0.39, 0.29) is 6.04 Å². The lowest BCUT2D eigenvalue weighted by molar-refractivity contribution is 0.205. The minimum absolute atomic E-state index is 0.0309. The number of amidine groups is 1. The van der Waals surface area contributed by atoms with Gasteiger partial charge >= 0.3 is 0 Å². The molecule has 3 aliphatic rings. The van der Waals surface area contributed by atoms with E-state index in [2.05, 4.69) is 61.7 Å². The van der Waals surface area contributed by atoms with Crippen molar-refractivity contribution >= 4 is 17.7 Å². The van der Waals surface area contributed by atoms with Crippen LogP contribution in [0, 0.1) is 0 Å². The zero-order chi connectivity index (χ0) is 21.8. The summed E-state index contributed by atoms with van der Waals surface area (Å²) in [7, 11) is 0. The van der Waals surface area contributed by atoms with Crippen LogP contribution in [0.25, 0.3) is 5.70 Å². The molecule has 1 atom stereocenters. The van der Waals surface area contributed by atoms with Crippen LogP contribution in [0.4, 0.5) is 0 Å². The van der Waals surface area contributed by atoms with Gasteiger partial charge in [0.2, 0.25) is 0 Å².